The van der Waals surface area contributed by atoms with Crippen molar-refractivity contribution in [2.45, 2.75) is 44.7 Å². The van der Waals surface area contributed by atoms with Gasteiger partial charge in [-0.2, -0.15) is 0 Å². The van der Waals surface area contributed by atoms with Crippen LogP contribution in [-0.2, 0) is 0 Å². The van der Waals surface area contributed by atoms with Crippen LogP contribution in [0, 0.1) is 11.8 Å². The SMILES string of the molecule is CC1CCC(N[C@@H]2C[C@H]2CO)C1. The van der Waals surface area contributed by atoms with Crippen LogP contribution in [0.1, 0.15) is 32.6 Å². The van der Waals surface area contributed by atoms with Crippen LogP contribution in [0.5, 0.6) is 0 Å². The zero-order chi connectivity index (χ0) is 8.55. The molecule has 70 valence electrons. The predicted molar refractivity (Wildman–Crippen MR) is 48.9 cm³/mol. The van der Waals surface area contributed by atoms with E-state index in [1.807, 2.05) is 0 Å². The monoisotopic (exact) mass is 169 g/mol. The van der Waals surface area contributed by atoms with Gasteiger partial charge in [-0.25, -0.2) is 0 Å². The van der Waals surface area contributed by atoms with Gasteiger partial charge < -0.3 is 10.4 Å². The van der Waals surface area contributed by atoms with Gasteiger partial charge in [0.1, 0.15) is 0 Å². The fraction of sp³-hybridized carbons (Fsp3) is 1.00. The molecule has 12 heavy (non-hydrogen) atoms. The minimum absolute atomic E-state index is 0.375. The first kappa shape index (κ1) is 8.52. The molecule has 0 aromatic carbocycles. The van der Waals surface area contributed by atoms with E-state index in [1.165, 1.54) is 25.7 Å². The molecule has 0 radical (unpaired) electrons. The van der Waals surface area contributed by atoms with Crippen molar-refractivity contribution in [3.63, 3.8) is 0 Å². The van der Waals surface area contributed by atoms with Crippen molar-refractivity contribution >= 4 is 0 Å². The molecule has 0 saturated heterocycles. The van der Waals surface area contributed by atoms with Gasteiger partial charge in [0.2, 0.25) is 0 Å². The molecule has 0 aliphatic heterocycles. The molecule has 2 rings (SSSR count). The molecule has 2 aliphatic carbocycles. The first-order valence-electron chi connectivity index (χ1n) is 5.16. The smallest absolute Gasteiger partial charge is 0.0474 e. The molecule has 0 aromatic rings. The Kier molecular flexibility index (Phi) is 2.37. The highest BCUT2D eigenvalue weighted by Gasteiger charge is 2.38. The highest BCUT2D eigenvalue weighted by molar-refractivity contribution is 4.95. The molecule has 0 heterocycles. The number of hydrogen-bond acceptors (Lipinski definition) is 2. The summed E-state index contributed by atoms with van der Waals surface area (Å²) in [6.45, 7) is 2.71. The van der Waals surface area contributed by atoms with Crippen LogP contribution in [0.25, 0.3) is 0 Å². The topological polar surface area (TPSA) is 32.3 Å². The highest BCUT2D eigenvalue weighted by atomic mass is 16.3. The van der Waals surface area contributed by atoms with Gasteiger partial charge in [-0.3, -0.25) is 0 Å². The van der Waals surface area contributed by atoms with Crippen molar-refractivity contribution in [2.75, 3.05) is 6.61 Å². The van der Waals surface area contributed by atoms with E-state index in [1.54, 1.807) is 0 Å². The van der Waals surface area contributed by atoms with Crippen LogP contribution in [0.3, 0.4) is 0 Å². The summed E-state index contributed by atoms with van der Waals surface area (Å²) < 4.78 is 0. The lowest BCUT2D eigenvalue weighted by atomic mass is 10.1. The third-order valence-corrected chi connectivity index (χ3v) is 3.30. The third kappa shape index (κ3) is 1.80. The van der Waals surface area contributed by atoms with Crippen molar-refractivity contribution in [1.29, 1.82) is 0 Å². The Morgan fingerprint density at radius 1 is 1.33 bits per heavy atom. The van der Waals surface area contributed by atoms with E-state index in [-0.39, 0.29) is 0 Å². The average Bonchev–Trinajstić information content (AvgIpc) is 2.67. The van der Waals surface area contributed by atoms with E-state index in [0.717, 1.165) is 12.0 Å². The minimum Gasteiger partial charge on any atom is -0.396 e. The van der Waals surface area contributed by atoms with Crippen LogP contribution in [0.4, 0.5) is 0 Å². The lowest BCUT2D eigenvalue weighted by Crippen LogP contribution is -2.29. The van der Waals surface area contributed by atoms with Crippen LogP contribution < -0.4 is 5.32 Å². The van der Waals surface area contributed by atoms with Crippen molar-refractivity contribution in [3.8, 4) is 0 Å². The fourth-order valence-electron chi connectivity index (χ4n) is 2.31. The summed E-state index contributed by atoms with van der Waals surface area (Å²) in [5.41, 5.74) is 0. The molecule has 4 atom stereocenters. The summed E-state index contributed by atoms with van der Waals surface area (Å²) in [4.78, 5) is 0. The first-order valence-corrected chi connectivity index (χ1v) is 5.16. The van der Waals surface area contributed by atoms with Gasteiger partial charge in [-0.15, -0.1) is 0 Å². The van der Waals surface area contributed by atoms with Gasteiger partial charge in [-0.05, 0) is 37.5 Å². The molecular formula is C10H19NO. The normalized spacial score (nSPS) is 46.5. The van der Waals surface area contributed by atoms with Crippen LogP contribution in [-0.4, -0.2) is 23.8 Å². The van der Waals surface area contributed by atoms with Crippen LogP contribution in [0.2, 0.25) is 0 Å². The number of hydrogen-bond donors (Lipinski definition) is 2. The van der Waals surface area contributed by atoms with E-state index in [4.69, 9.17) is 5.11 Å². The molecule has 0 aromatic heterocycles. The Hall–Kier alpha value is -0.0800. The Labute approximate surface area is 74.4 Å². The van der Waals surface area contributed by atoms with Crippen LogP contribution >= 0.6 is 0 Å². The molecule has 2 unspecified atom stereocenters. The van der Waals surface area contributed by atoms with Gasteiger partial charge in [0, 0.05) is 18.7 Å². The largest absolute Gasteiger partial charge is 0.396 e. The van der Waals surface area contributed by atoms with E-state index < -0.39 is 0 Å². The fourth-order valence-corrected chi connectivity index (χ4v) is 2.31. The van der Waals surface area contributed by atoms with Gasteiger partial charge in [0.15, 0.2) is 0 Å². The van der Waals surface area contributed by atoms with Gasteiger partial charge in [0.05, 0.1) is 0 Å². The molecule has 2 nitrogen and oxygen atoms in total. The second-order valence-electron chi connectivity index (χ2n) is 4.57. The number of aliphatic hydroxyl groups excluding tert-OH is 1. The van der Waals surface area contributed by atoms with Gasteiger partial charge in [0.25, 0.3) is 0 Å². The number of aliphatic hydroxyl groups is 1. The maximum Gasteiger partial charge on any atom is 0.0474 e. The summed E-state index contributed by atoms with van der Waals surface area (Å²) in [7, 11) is 0. The molecule has 2 saturated carbocycles. The van der Waals surface area contributed by atoms with Crippen LogP contribution in [0.15, 0.2) is 0 Å². The molecule has 2 N–H and O–H groups in total. The number of rotatable bonds is 3. The van der Waals surface area contributed by atoms with E-state index >= 15 is 0 Å². The Bertz CT molecular complexity index is 160. The van der Waals surface area contributed by atoms with Crippen molar-refractivity contribution < 1.29 is 5.11 Å². The van der Waals surface area contributed by atoms with Gasteiger partial charge in [-0.1, -0.05) is 6.92 Å². The zero-order valence-corrected chi connectivity index (χ0v) is 7.79. The highest BCUT2D eigenvalue weighted by Crippen LogP contribution is 2.33. The second-order valence-corrected chi connectivity index (χ2v) is 4.57. The zero-order valence-electron chi connectivity index (χ0n) is 7.79. The summed E-state index contributed by atoms with van der Waals surface area (Å²) >= 11 is 0. The summed E-state index contributed by atoms with van der Waals surface area (Å²) in [6.07, 6.45) is 5.26. The van der Waals surface area contributed by atoms with E-state index in [2.05, 4.69) is 12.2 Å². The molecule has 2 fully saturated rings. The van der Waals surface area contributed by atoms with E-state index in [0.29, 0.717) is 18.6 Å². The summed E-state index contributed by atoms with van der Waals surface area (Å²) in [5.74, 6) is 1.48. The van der Waals surface area contributed by atoms with Gasteiger partial charge >= 0.3 is 0 Å². The predicted octanol–water partition coefficient (Wildman–Crippen LogP) is 1.15. The van der Waals surface area contributed by atoms with Crippen molar-refractivity contribution in [3.05, 3.63) is 0 Å². The molecule has 0 spiro atoms. The van der Waals surface area contributed by atoms with Crippen molar-refractivity contribution in [2.24, 2.45) is 11.8 Å². The quantitative estimate of drug-likeness (QED) is 0.664. The summed E-state index contributed by atoms with van der Waals surface area (Å²) in [6, 6.07) is 1.40. The molecular weight excluding hydrogens is 150 g/mol. The lowest BCUT2D eigenvalue weighted by Gasteiger charge is -2.11. The molecule has 0 amide bonds. The Morgan fingerprint density at radius 3 is 2.67 bits per heavy atom. The van der Waals surface area contributed by atoms with Crippen molar-refractivity contribution in [1.82, 2.24) is 5.32 Å². The average molecular weight is 169 g/mol. The summed E-state index contributed by atoms with van der Waals surface area (Å²) in [5, 5.41) is 12.5. The minimum atomic E-state index is 0.375. The third-order valence-electron chi connectivity index (χ3n) is 3.30. The second kappa shape index (κ2) is 3.35. The molecule has 2 aliphatic rings. The Morgan fingerprint density at radius 2 is 2.17 bits per heavy atom. The number of nitrogens with one attached hydrogen (secondary N) is 1. The standard InChI is InChI=1S/C10H19NO/c1-7-2-3-9(4-7)11-10-5-8(10)6-12/h7-12H,2-6H2,1H3/t7?,8-,9?,10+/m0/s1. The molecule has 2 heteroatoms. The lowest BCUT2D eigenvalue weighted by molar-refractivity contribution is 0.268. The Balaban J connectivity index is 1.68. The molecule has 0 bridgehead atoms. The van der Waals surface area contributed by atoms with E-state index in [9.17, 15) is 0 Å². The maximum atomic E-state index is 8.86. The first-order chi connectivity index (χ1) is 5.79. The maximum absolute atomic E-state index is 8.86.